The van der Waals surface area contributed by atoms with Crippen LogP contribution in [0.3, 0.4) is 0 Å². The van der Waals surface area contributed by atoms with E-state index >= 15 is 0 Å². The van der Waals surface area contributed by atoms with Gasteiger partial charge in [-0.3, -0.25) is 4.74 Å². The van der Waals surface area contributed by atoms with Gasteiger partial charge in [0.15, 0.2) is 0 Å². The zero-order valence-electron chi connectivity index (χ0n) is 8.15. The van der Waals surface area contributed by atoms with Gasteiger partial charge < -0.3 is 0 Å². The molecule has 0 amide bonds. The Morgan fingerprint density at radius 1 is 0.579 bits per heavy atom. The third kappa shape index (κ3) is 3.57. The van der Waals surface area contributed by atoms with Gasteiger partial charge in [-0.05, 0) is 0 Å². The van der Waals surface area contributed by atoms with Gasteiger partial charge in [0.2, 0.25) is 0 Å². The fourth-order valence-corrected chi connectivity index (χ4v) is 0.671. The Balaban J connectivity index is 5.28. The van der Waals surface area contributed by atoms with Gasteiger partial charge in [-0.25, -0.2) is 0 Å². The average molecular weight is 318 g/mol. The topological polar surface area (TPSA) is 9.23 Å². The lowest BCUT2D eigenvalue weighted by molar-refractivity contribution is -0.414. The summed E-state index contributed by atoms with van der Waals surface area (Å²) in [4.78, 5) is 0. The van der Waals surface area contributed by atoms with Crippen LogP contribution in [0.4, 0.5) is 52.7 Å². The van der Waals surface area contributed by atoms with Crippen molar-refractivity contribution in [3.63, 3.8) is 0 Å². The lowest BCUT2D eigenvalue weighted by Gasteiger charge is -2.33. The van der Waals surface area contributed by atoms with Crippen LogP contribution < -0.4 is 0 Å². The molecule has 0 atom stereocenters. The number of ether oxygens (including phenoxy) is 1. The van der Waals surface area contributed by atoms with Gasteiger partial charge in [0, 0.05) is 0 Å². The molecule has 0 heterocycles. The summed E-state index contributed by atoms with van der Waals surface area (Å²) in [6.07, 6.45) is -13.0. The molecule has 0 saturated carbocycles. The van der Waals surface area contributed by atoms with E-state index < -0.39 is 36.9 Å². The highest BCUT2D eigenvalue weighted by molar-refractivity contribution is 5.00. The minimum Gasteiger partial charge on any atom is -0.285 e. The summed E-state index contributed by atoms with van der Waals surface area (Å²) in [6.45, 7) is -3.39. The normalized spacial score (nSPS) is 15.8. The molecule has 0 aromatic heterocycles. The predicted octanol–water partition coefficient (Wildman–Crippen LogP) is 3.99. The maximum atomic E-state index is 12.4. The first-order valence-electron chi connectivity index (χ1n) is 3.86. The third-order valence-electron chi connectivity index (χ3n) is 1.63. The Bertz CT molecular complexity index is 311. The fraction of sp³-hybridized carbons (Fsp3) is 1.00. The van der Waals surface area contributed by atoms with Crippen molar-refractivity contribution in [3.05, 3.63) is 0 Å². The molecule has 0 spiro atoms. The van der Waals surface area contributed by atoms with Crippen LogP contribution >= 0.6 is 0 Å². The van der Waals surface area contributed by atoms with Crippen LogP contribution in [0, 0.1) is 0 Å². The van der Waals surface area contributed by atoms with Crippen LogP contribution in [0.5, 0.6) is 0 Å². The molecule has 0 aromatic carbocycles. The Kier molecular flexibility index (Phi) is 4.38. The summed E-state index contributed by atoms with van der Waals surface area (Å²) in [5, 5.41) is 0. The highest BCUT2D eigenvalue weighted by Gasteiger charge is 2.81. The van der Waals surface area contributed by atoms with Gasteiger partial charge in [0.05, 0.1) is 0 Å². The van der Waals surface area contributed by atoms with Crippen LogP contribution in [-0.4, -0.2) is 36.9 Å². The second-order valence-electron chi connectivity index (χ2n) is 3.09. The van der Waals surface area contributed by atoms with Crippen LogP contribution in [0.1, 0.15) is 0 Å². The number of alkyl halides is 12. The predicted molar refractivity (Wildman–Crippen MR) is 32.9 cm³/mol. The fourth-order valence-electron chi connectivity index (χ4n) is 0.671. The van der Waals surface area contributed by atoms with Gasteiger partial charge in [0.25, 0.3) is 0 Å². The van der Waals surface area contributed by atoms with Crippen LogP contribution in [0.2, 0.25) is 0 Å². The zero-order chi connectivity index (χ0) is 15.9. The SMILES string of the molecule is FC(F)(F)OCC(F)(F)C(F)(F)C(F)(F)C(F)(F)F. The van der Waals surface area contributed by atoms with Crippen molar-refractivity contribution in [2.24, 2.45) is 0 Å². The van der Waals surface area contributed by atoms with Crippen LogP contribution in [-0.2, 0) is 4.74 Å². The van der Waals surface area contributed by atoms with E-state index in [9.17, 15) is 52.7 Å². The van der Waals surface area contributed by atoms with Crippen molar-refractivity contribution in [2.75, 3.05) is 6.61 Å². The smallest absolute Gasteiger partial charge is 0.285 e. The first kappa shape index (κ1) is 18.1. The molecule has 0 rings (SSSR count). The van der Waals surface area contributed by atoms with Crippen LogP contribution in [0.15, 0.2) is 0 Å². The molecule has 0 saturated heterocycles. The van der Waals surface area contributed by atoms with Crippen molar-refractivity contribution in [1.29, 1.82) is 0 Å². The first-order valence-corrected chi connectivity index (χ1v) is 3.86. The lowest BCUT2D eigenvalue weighted by Crippen LogP contribution is -2.62. The molecule has 0 N–H and O–H groups in total. The quantitative estimate of drug-likeness (QED) is 0.712. The minimum atomic E-state index is -7.24. The molecule has 0 aliphatic rings. The summed E-state index contributed by atoms with van der Waals surface area (Å²) in [6, 6.07) is 0. The van der Waals surface area contributed by atoms with E-state index in [1.165, 1.54) is 0 Å². The standard InChI is InChI=1S/C6H2F12O/c7-2(8,1-19-6(16,17)18)3(9,10)4(11,12)5(13,14)15/h1H2. The molecule has 0 bridgehead atoms. The highest BCUT2D eigenvalue weighted by atomic mass is 19.4. The van der Waals surface area contributed by atoms with Gasteiger partial charge in [-0.1, -0.05) is 0 Å². The minimum absolute atomic E-state index is 2.16. The molecule has 13 heteroatoms. The average Bonchev–Trinajstić information content (AvgIpc) is 2.11. The first-order chi connectivity index (χ1) is 7.96. The van der Waals surface area contributed by atoms with E-state index in [0.717, 1.165) is 0 Å². The maximum absolute atomic E-state index is 12.4. The van der Waals surface area contributed by atoms with E-state index in [1.54, 1.807) is 0 Å². The largest absolute Gasteiger partial charge is 0.522 e. The lowest BCUT2D eigenvalue weighted by atomic mass is 10.0. The zero-order valence-corrected chi connectivity index (χ0v) is 8.15. The molecular formula is C6H2F12O. The molecule has 0 aliphatic carbocycles. The molecule has 116 valence electrons. The Labute approximate surface area is 95.7 Å². The summed E-state index contributed by atoms with van der Waals surface area (Å²) in [5.41, 5.74) is 0. The number of hydrogen-bond acceptors (Lipinski definition) is 1. The van der Waals surface area contributed by atoms with Crippen LogP contribution in [0.25, 0.3) is 0 Å². The van der Waals surface area contributed by atoms with Crippen molar-refractivity contribution >= 4 is 0 Å². The third-order valence-corrected chi connectivity index (χ3v) is 1.63. The number of halogens is 12. The van der Waals surface area contributed by atoms with Gasteiger partial charge in [0.1, 0.15) is 6.61 Å². The second-order valence-corrected chi connectivity index (χ2v) is 3.09. The van der Waals surface area contributed by atoms with Crippen molar-refractivity contribution in [2.45, 2.75) is 30.3 Å². The molecule has 0 radical (unpaired) electrons. The molecule has 1 nitrogen and oxygen atoms in total. The van der Waals surface area contributed by atoms with Crippen molar-refractivity contribution < 1.29 is 57.4 Å². The molecule has 0 fully saturated rings. The van der Waals surface area contributed by atoms with Gasteiger partial charge >= 0.3 is 30.3 Å². The van der Waals surface area contributed by atoms with E-state index in [4.69, 9.17) is 0 Å². The summed E-state index contributed by atoms with van der Waals surface area (Å²) < 4.78 is 144. The maximum Gasteiger partial charge on any atom is 0.522 e. The highest BCUT2D eigenvalue weighted by Crippen LogP contribution is 2.53. The Morgan fingerprint density at radius 3 is 1.21 bits per heavy atom. The monoisotopic (exact) mass is 318 g/mol. The Morgan fingerprint density at radius 2 is 0.947 bits per heavy atom. The van der Waals surface area contributed by atoms with E-state index in [-0.39, 0.29) is 0 Å². The molecule has 19 heavy (non-hydrogen) atoms. The summed E-state index contributed by atoms with van der Waals surface area (Å²) in [7, 11) is 0. The van der Waals surface area contributed by atoms with Gasteiger partial charge in [-0.15, -0.1) is 13.2 Å². The Hall–Kier alpha value is -0.880. The second kappa shape index (κ2) is 4.59. The molecule has 0 aromatic rings. The summed E-state index contributed by atoms with van der Waals surface area (Å²) >= 11 is 0. The number of hydrogen-bond donors (Lipinski definition) is 0. The van der Waals surface area contributed by atoms with Gasteiger partial charge in [-0.2, -0.15) is 39.5 Å². The van der Waals surface area contributed by atoms with E-state index in [1.807, 2.05) is 0 Å². The van der Waals surface area contributed by atoms with Crippen molar-refractivity contribution in [1.82, 2.24) is 0 Å². The molecule has 0 unspecified atom stereocenters. The van der Waals surface area contributed by atoms with E-state index in [2.05, 4.69) is 4.74 Å². The van der Waals surface area contributed by atoms with E-state index in [0.29, 0.717) is 0 Å². The van der Waals surface area contributed by atoms with Crippen molar-refractivity contribution in [3.8, 4) is 0 Å². The molecule has 0 aliphatic heterocycles. The summed E-state index contributed by atoms with van der Waals surface area (Å²) in [5.74, 6) is -20.8. The number of rotatable bonds is 4. The molecular weight excluding hydrogens is 316 g/mol.